The number of sulfonamides is 1. The highest BCUT2D eigenvalue weighted by atomic mass is 32.2. The largest absolute Gasteiger partial charge is 0.384 e. The number of nitrogens with two attached hydrogens (primary N) is 1. The molecule has 3 rings (SSSR count). The number of para-hydroxylation sites is 1. The molecule has 8 nitrogen and oxygen atoms in total. The topological polar surface area (TPSA) is 119 Å². The second kappa shape index (κ2) is 9.49. The second-order valence-electron chi connectivity index (χ2n) is 7.38. The third-order valence-electron chi connectivity index (χ3n) is 5.30. The van der Waals surface area contributed by atoms with Gasteiger partial charge in [0.15, 0.2) is 0 Å². The Morgan fingerprint density at radius 3 is 2.50 bits per heavy atom. The first-order valence-corrected chi connectivity index (χ1v) is 11.3. The average Bonchev–Trinajstić information content (AvgIpc) is 2.70. The third kappa shape index (κ3) is 5.76. The molecule has 0 amide bonds. The molecule has 0 saturated heterocycles. The average molecular weight is 408 g/mol. The van der Waals surface area contributed by atoms with Crippen LogP contribution in [0.5, 0.6) is 0 Å². The number of ether oxygens (including phenoxy) is 1. The molecule has 0 unspecified atom stereocenters. The van der Waals surface area contributed by atoms with Gasteiger partial charge in [-0.15, -0.1) is 0 Å². The molecule has 2 aromatic rings. The lowest BCUT2D eigenvalue weighted by molar-refractivity contribution is 0.216. The minimum atomic E-state index is -3.24. The van der Waals surface area contributed by atoms with Gasteiger partial charge in [0, 0.05) is 25.6 Å². The summed E-state index contributed by atoms with van der Waals surface area (Å²) in [5, 5.41) is 4.18. The zero-order chi connectivity index (χ0) is 20.0. The fourth-order valence-corrected chi connectivity index (χ4v) is 4.59. The van der Waals surface area contributed by atoms with Gasteiger partial charge in [-0.05, 0) is 49.7 Å². The number of nitrogens with one attached hydrogen (secondary N) is 2. The molecule has 1 saturated carbocycles. The molecule has 0 atom stereocenters. The van der Waals surface area contributed by atoms with Gasteiger partial charge in [-0.25, -0.2) is 18.1 Å². The van der Waals surface area contributed by atoms with Gasteiger partial charge in [-0.3, -0.25) is 0 Å². The molecule has 9 heteroatoms. The molecule has 1 aliphatic carbocycles. The summed E-state index contributed by atoms with van der Waals surface area (Å²) in [5.74, 6) is 1.97. The van der Waals surface area contributed by atoms with E-state index in [1.165, 1.54) is 7.11 Å². The van der Waals surface area contributed by atoms with Gasteiger partial charge >= 0.3 is 0 Å². The first-order chi connectivity index (χ1) is 13.5. The predicted molar refractivity (Wildman–Crippen MR) is 112 cm³/mol. The van der Waals surface area contributed by atoms with Gasteiger partial charge in [0.25, 0.3) is 0 Å². The number of nitrogen functional groups attached to an aromatic ring is 1. The SMILES string of the molecule is COCCS(=O)(=O)NCC1CCC(CNc2nc(N)c3ccccc3n2)CC1. The van der Waals surface area contributed by atoms with Crippen LogP contribution < -0.4 is 15.8 Å². The van der Waals surface area contributed by atoms with Crippen molar-refractivity contribution in [3.05, 3.63) is 24.3 Å². The highest BCUT2D eigenvalue weighted by Crippen LogP contribution is 2.29. The normalized spacial score (nSPS) is 20.3. The maximum absolute atomic E-state index is 11.9. The van der Waals surface area contributed by atoms with Crippen LogP contribution in [-0.4, -0.2) is 50.9 Å². The Labute approximate surface area is 166 Å². The highest BCUT2D eigenvalue weighted by molar-refractivity contribution is 7.89. The lowest BCUT2D eigenvalue weighted by Crippen LogP contribution is -2.34. The minimum Gasteiger partial charge on any atom is -0.384 e. The van der Waals surface area contributed by atoms with Crippen molar-refractivity contribution in [2.75, 3.05) is 43.6 Å². The second-order valence-corrected chi connectivity index (χ2v) is 9.30. The van der Waals surface area contributed by atoms with Crippen LogP contribution in [0, 0.1) is 11.8 Å². The van der Waals surface area contributed by atoms with Gasteiger partial charge < -0.3 is 15.8 Å². The fraction of sp³-hybridized carbons (Fsp3) is 0.579. The molecule has 154 valence electrons. The van der Waals surface area contributed by atoms with Crippen molar-refractivity contribution in [2.24, 2.45) is 11.8 Å². The van der Waals surface area contributed by atoms with Crippen LogP contribution >= 0.6 is 0 Å². The molecule has 0 radical (unpaired) electrons. The highest BCUT2D eigenvalue weighted by Gasteiger charge is 2.23. The fourth-order valence-electron chi connectivity index (χ4n) is 3.57. The Morgan fingerprint density at radius 2 is 1.79 bits per heavy atom. The van der Waals surface area contributed by atoms with E-state index >= 15 is 0 Å². The molecule has 1 aromatic carbocycles. The Hall–Kier alpha value is -1.97. The molecule has 0 bridgehead atoms. The van der Waals surface area contributed by atoms with Gasteiger partial charge in [0.2, 0.25) is 16.0 Å². The van der Waals surface area contributed by atoms with E-state index in [9.17, 15) is 8.42 Å². The number of aromatic nitrogens is 2. The summed E-state index contributed by atoms with van der Waals surface area (Å²) in [6, 6.07) is 7.70. The smallest absolute Gasteiger partial charge is 0.225 e. The van der Waals surface area contributed by atoms with E-state index < -0.39 is 10.0 Å². The van der Waals surface area contributed by atoms with Gasteiger partial charge in [0.1, 0.15) is 5.82 Å². The number of fused-ring (bicyclic) bond motifs is 1. The first kappa shape index (κ1) is 20.8. The standard InChI is InChI=1S/C19H29N5O3S/c1-27-10-11-28(25,26)22-13-15-8-6-14(7-9-15)12-21-19-23-17-5-3-2-4-16(17)18(20)24-19/h2-5,14-15,22H,6-13H2,1H3,(H3,20,21,23,24). The molecular weight excluding hydrogens is 378 g/mol. The lowest BCUT2D eigenvalue weighted by Gasteiger charge is -2.28. The van der Waals surface area contributed by atoms with Crippen molar-refractivity contribution in [1.82, 2.24) is 14.7 Å². The van der Waals surface area contributed by atoms with Crippen LogP contribution in [0.4, 0.5) is 11.8 Å². The summed E-state index contributed by atoms with van der Waals surface area (Å²) in [6.07, 6.45) is 4.14. The van der Waals surface area contributed by atoms with Crippen LogP contribution in [0.15, 0.2) is 24.3 Å². The molecule has 0 aliphatic heterocycles. The summed E-state index contributed by atoms with van der Waals surface area (Å²) < 4.78 is 31.2. The van der Waals surface area contributed by atoms with E-state index in [0.717, 1.165) is 43.1 Å². The zero-order valence-corrected chi connectivity index (χ0v) is 17.0. The summed E-state index contributed by atoms with van der Waals surface area (Å²) in [4.78, 5) is 8.88. The van der Waals surface area contributed by atoms with Crippen LogP contribution in [0.2, 0.25) is 0 Å². The van der Waals surface area contributed by atoms with Crippen LogP contribution in [0.3, 0.4) is 0 Å². The third-order valence-corrected chi connectivity index (χ3v) is 6.61. The molecular formula is C19H29N5O3S. The maximum Gasteiger partial charge on any atom is 0.225 e. The van der Waals surface area contributed by atoms with Gasteiger partial charge in [-0.2, -0.15) is 4.98 Å². The summed E-state index contributed by atoms with van der Waals surface area (Å²) in [7, 11) is -1.74. The Balaban J connectivity index is 1.44. The molecule has 4 N–H and O–H groups in total. The molecule has 1 aliphatic rings. The minimum absolute atomic E-state index is 0.0116. The summed E-state index contributed by atoms with van der Waals surface area (Å²) >= 11 is 0. The van der Waals surface area contributed by atoms with Crippen LogP contribution in [0.25, 0.3) is 10.9 Å². The van der Waals surface area contributed by atoms with Crippen LogP contribution in [-0.2, 0) is 14.8 Å². The molecule has 0 spiro atoms. The first-order valence-electron chi connectivity index (χ1n) is 9.69. The number of methoxy groups -OCH3 is 1. The Bertz CT molecular complexity index is 882. The van der Waals surface area contributed by atoms with Crippen molar-refractivity contribution in [1.29, 1.82) is 0 Å². The van der Waals surface area contributed by atoms with Crippen molar-refractivity contribution >= 4 is 32.7 Å². The predicted octanol–water partition coefficient (Wildman–Crippen LogP) is 2.00. The van der Waals surface area contributed by atoms with Crippen molar-refractivity contribution < 1.29 is 13.2 Å². The number of rotatable bonds is 9. The van der Waals surface area contributed by atoms with E-state index in [-0.39, 0.29) is 12.4 Å². The Kier molecular flexibility index (Phi) is 7.03. The van der Waals surface area contributed by atoms with E-state index in [0.29, 0.717) is 30.1 Å². The lowest BCUT2D eigenvalue weighted by atomic mass is 9.82. The van der Waals surface area contributed by atoms with Gasteiger partial charge in [0.05, 0.1) is 17.9 Å². The van der Waals surface area contributed by atoms with Gasteiger partial charge in [-0.1, -0.05) is 12.1 Å². The molecule has 28 heavy (non-hydrogen) atoms. The maximum atomic E-state index is 11.9. The van der Waals surface area contributed by atoms with E-state index in [1.807, 2.05) is 24.3 Å². The monoisotopic (exact) mass is 407 g/mol. The number of hydrogen-bond acceptors (Lipinski definition) is 7. The quantitative estimate of drug-likeness (QED) is 0.581. The summed E-state index contributed by atoms with van der Waals surface area (Å²) in [5.41, 5.74) is 6.86. The van der Waals surface area contributed by atoms with E-state index in [4.69, 9.17) is 10.5 Å². The van der Waals surface area contributed by atoms with Crippen molar-refractivity contribution in [3.63, 3.8) is 0 Å². The summed E-state index contributed by atoms with van der Waals surface area (Å²) in [6.45, 7) is 1.52. The van der Waals surface area contributed by atoms with Crippen molar-refractivity contribution in [2.45, 2.75) is 25.7 Å². The number of benzene rings is 1. The van der Waals surface area contributed by atoms with E-state index in [1.54, 1.807) is 0 Å². The number of nitrogens with zero attached hydrogens (tertiary/aromatic N) is 2. The molecule has 1 heterocycles. The molecule has 1 fully saturated rings. The Morgan fingerprint density at radius 1 is 1.11 bits per heavy atom. The zero-order valence-electron chi connectivity index (χ0n) is 16.2. The number of anilines is 2. The van der Waals surface area contributed by atoms with E-state index in [2.05, 4.69) is 20.0 Å². The number of hydrogen-bond donors (Lipinski definition) is 3. The molecule has 1 aromatic heterocycles. The van der Waals surface area contributed by atoms with Crippen molar-refractivity contribution in [3.8, 4) is 0 Å². The van der Waals surface area contributed by atoms with Crippen LogP contribution in [0.1, 0.15) is 25.7 Å².